The van der Waals surface area contributed by atoms with Crippen LogP contribution in [-0.4, -0.2) is 51.0 Å². The monoisotopic (exact) mass is 512 g/mol. The largest absolute Gasteiger partial charge is 0.465 e. The molecular formula is C27H36N4O4S. The lowest BCUT2D eigenvalue weighted by atomic mass is 9.68. The molecule has 2 aliphatic rings. The minimum Gasteiger partial charge on any atom is -0.465 e. The number of benzene rings is 1. The number of carbonyl (C=O) groups excluding carboxylic acids is 2. The van der Waals surface area contributed by atoms with E-state index in [9.17, 15) is 19.5 Å². The summed E-state index contributed by atoms with van der Waals surface area (Å²) in [6, 6.07) is 9.70. The SMILES string of the molecule is CC(=O)Nc1nc(CC(C)(C(=O)NCCc2ccccc2)N(C(=O)O)C2CCC3CCCC2C3)cs1. The molecule has 0 saturated heterocycles. The van der Waals surface area contributed by atoms with E-state index in [0.29, 0.717) is 29.7 Å². The van der Waals surface area contributed by atoms with Crippen LogP contribution in [0, 0.1) is 11.8 Å². The van der Waals surface area contributed by atoms with Crippen LogP contribution in [0.1, 0.15) is 63.6 Å². The average molecular weight is 513 g/mol. The Kier molecular flexibility index (Phi) is 8.28. The van der Waals surface area contributed by atoms with Crippen molar-refractivity contribution in [3.8, 4) is 0 Å². The normalized spacial score (nSPS) is 22.8. The number of carboxylic acid groups (broad SMARTS) is 1. The Bertz CT molecular complexity index is 1070. The fraction of sp³-hybridized carbons (Fsp3) is 0.556. The highest BCUT2D eigenvalue weighted by Gasteiger charge is 2.50. The Labute approximate surface area is 216 Å². The lowest BCUT2D eigenvalue weighted by Crippen LogP contribution is -2.65. The van der Waals surface area contributed by atoms with Crippen LogP contribution >= 0.6 is 11.3 Å². The molecule has 4 atom stereocenters. The second-order valence-corrected chi connectivity index (χ2v) is 11.2. The minimum atomic E-state index is -1.33. The third-order valence-electron chi connectivity index (χ3n) is 7.70. The average Bonchev–Trinajstić information content (AvgIpc) is 3.27. The van der Waals surface area contributed by atoms with Crippen molar-refractivity contribution in [2.24, 2.45) is 11.8 Å². The molecule has 194 valence electrons. The van der Waals surface area contributed by atoms with E-state index in [1.807, 2.05) is 30.3 Å². The number of amides is 3. The first-order valence-electron chi connectivity index (χ1n) is 12.8. The molecule has 2 aromatic rings. The van der Waals surface area contributed by atoms with Crippen LogP contribution in [0.2, 0.25) is 0 Å². The zero-order valence-electron chi connectivity index (χ0n) is 21.0. The quantitative estimate of drug-likeness (QED) is 0.451. The Morgan fingerprint density at radius 1 is 1.17 bits per heavy atom. The van der Waals surface area contributed by atoms with Crippen molar-refractivity contribution in [1.29, 1.82) is 0 Å². The summed E-state index contributed by atoms with van der Waals surface area (Å²) in [5.74, 6) is 0.405. The molecule has 4 unspecified atom stereocenters. The molecule has 0 radical (unpaired) electrons. The molecule has 0 aliphatic heterocycles. The van der Waals surface area contributed by atoms with Gasteiger partial charge < -0.3 is 15.7 Å². The highest BCUT2D eigenvalue weighted by molar-refractivity contribution is 7.13. The van der Waals surface area contributed by atoms with E-state index in [0.717, 1.165) is 37.7 Å². The van der Waals surface area contributed by atoms with E-state index in [4.69, 9.17) is 0 Å². The number of fused-ring (bicyclic) bond motifs is 2. The number of anilines is 1. The van der Waals surface area contributed by atoms with Gasteiger partial charge in [-0.15, -0.1) is 11.3 Å². The highest BCUT2D eigenvalue weighted by Crippen LogP contribution is 2.44. The van der Waals surface area contributed by atoms with Gasteiger partial charge in [-0.3, -0.25) is 14.5 Å². The fourth-order valence-corrected chi connectivity index (χ4v) is 6.78. The standard InChI is InChI=1S/C27H36N4O4S/c1-18(32)29-25-30-22(17-36-25)16-27(2,24(33)28-14-13-19-7-4-3-5-8-19)31(26(34)35)23-12-11-20-9-6-10-21(23)15-20/h3-5,7-8,17,20-21,23H,6,9-16H2,1-2H3,(H,28,33)(H,34,35)(H,29,30,32). The third kappa shape index (κ3) is 6.06. The molecule has 36 heavy (non-hydrogen) atoms. The van der Waals surface area contributed by atoms with Crippen LogP contribution in [0.4, 0.5) is 9.93 Å². The van der Waals surface area contributed by atoms with Gasteiger partial charge in [-0.05, 0) is 56.4 Å². The molecule has 9 heteroatoms. The van der Waals surface area contributed by atoms with Gasteiger partial charge in [-0.1, -0.05) is 43.2 Å². The second-order valence-electron chi connectivity index (χ2n) is 10.4. The Morgan fingerprint density at radius 3 is 2.67 bits per heavy atom. The van der Waals surface area contributed by atoms with E-state index < -0.39 is 11.6 Å². The molecule has 2 aliphatic carbocycles. The maximum absolute atomic E-state index is 13.8. The molecule has 1 aromatic carbocycles. The molecule has 2 saturated carbocycles. The van der Waals surface area contributed by atoms with Gasteiger partial charge in [0.1, 0.15) is 5.54 Å². The molecule has 8 nitrogen and oxygen atoms in total. The van der Waals surface area contributed by atoms with E-state index >= 15 is 0 Å². The predicted octanol–water partition coefficient (Wildman–Crippen LogP) is 4.71. The van der Waals surface area contributed by atoms with Gasteiger partial charge in [0.2, 0.25) is 11.8 Å². The van der Waals surface area contributed by atoms with E-state index in [2.05, 4.69) is 15.6 Å². The van der Waals surface area contributed by atoms with Gasteiger partial charge in [0.25, 0.3) is 0 Å². The van der Waals surface area contributed by atoms with Crippen molar-refractivity contribution in [1.82, 2.24) is 15.2 Å². The second kappa shape index (κ2) is 11.4. The number of hydrogen-bond acceptors (Lipinski definition) is 5. The third-order valence-corrected chi connectivity index (χ3v) is 8.51. The number of rotatable bonds is 9. The summed E-state index contributed by atoms with van der Waals surface area (Å²) >= 11 is 1.27. The van der Waals surface area contributed by atoms with Gasteiger partial charge in [0.05, 0.1) is 5.69 Å². The molecule has 2 bridgehead atoms. The number of aromatic nitrogens is 1. The predicted molar refractivity (Wildman–Crippen MR) is 140 cm³/mol. The number of thiazole rings is 1. The van der Waals surface area contributed by atoms with Crippen molar-refractivity contribution >= 4 is 34.4 Å². The van der Waals surface area contributed by atoms with E-state index in [-0.39, 0.29) is 30.2 Å². The molecular weight excluding hydrogens is 476 g/mol. The summed E-state index contributed by atoms with van der Waals surface area (Å²) < 4.78 is 0. The number of nitrogens with one attached hydrogen (secondary N) is 2. The molecule has 3 amide bonds. The van der Waals surface area contributed by atoms with Gasteiger partial charge in [-0.25, -0.2) is 9.78 Å². The smallest absolute Gasteiger partial charge is 0.408 e. The summed E-state index contributed by atoms with van der Waals surface area (Å²) in [6.45, 7) is 3.56. The Hall–Kier alpha value is -2.94. The summed E-state index contributed by atoms with van der Waals surface area (Å²) in [5, 5.41) is 18.4. The lowest BCUT2D eigenvalue weighted by molar-refractivity contribution is -0.135. The summed E-state index contributed by atoms with van der Waals surface area (Å²) in [4.78, 5) is 44.0. The summed E-state index contributed by atoms with van der Waals surface area (Å²) in [6.07, 6.45) is 5.88. The maximum Gasteiger partial charge on any atom is 0.408 e. The van der Waals surface area contributed by atoms with Crippen LogP contribution in [0.25, 0.3) is 0 Å². The number of hydrogen-bond donors (Lipinski definition) is 3. The van der Waals surface area contributed by atoms with Gasteiger partial charge in [0.15, 0.2) is 5.13 Å². The van der Waals surface area contributed by atoms with Crippen LogP contribution in [0.3, 0.4) is 0 Å². The maximum atomic E-state index is 13.8. The highest BCUT2D eigenvalue weighted by atomic mass is 32.1. The first-order valence-corrected chi connectivity index (χ1v) is 13.7. The Balaban J connectivity index is 1.59. The molecule has 0 spiro atoms. The first kappa shape index (κ1) is 26.1. The van der Waals surface area contributed by atoms with Crippen LogP contribution in [0.15, 0.2) is 35.7 Å². The van der Waals surface area contributed by atoms with Crippen molar-refractivity contribution in [3.63, 3.8) is 0 Å². The number of nitrogens with zero attached hydrogens (tertiary/aromatic N) is 2. The number of carbonyl (C=O) groups is 3. The topological polar surface area (TPSA) is 112 Å². The molecule has 1 heterocycles. The van der Waals surface area contributed by atoms with E-state index in [1.54, 1.807) is 12.3 Å². The van der Waals surface area contributed by atoms with Gasteiger partial charge in [0, 0.05) is 31.3 Å². The van der Waals surface area contributed by atoms with Crippen molar-refractivity contribution in [3.05, 3.63) is 47.0 Å². The summed E-state index contributed by atoms with van der Waals surface area (Å²) in [7, 11) is 0. The molecule has 2 fully saturated rings. The van der Waals surface area contributed by atoms with Gasteiger partial charge >= 0.3 is 6.09 Å². The minimum absolute atomic E-state index is 0.138. The van der Waals surface area contributed by atoms with Crippen molar-refractivity contribution in [2.45, 2.75) is 76.8 Å². The van der Waals surface area contributed by atoms with Gasteiger partial charge in [-0.2, -0.15) is 0 Å². The zero-order valence-corrected chi connectivity index (χ0v) is 21.9. The molecule has 1 aromatic heterocycles. The van der Waals surface area contributed by atoms with Crippen LogP contribution < -0.4 is 10.6 Å². The van der Waals surface area contributed by atoms with Crippen molar-refractivity contribution in [2.75, 3.05) is 11.9 Å². The first-order chi connectivity index (χ1) is 17.3. The molecule has 3 N–H and O–H groups in total. The molecule has 4 rings (SSSR count). The Morgan fingerprint density at radius 2 is 1.94 bits per heavy atom. The van der Waals surface area contributed by atoms with Crippen LogP contribution in [-0.2, 0) is 22.4 Å². The van der Waals surface area contributed by atoms with E-state index in [1.165, 1.54) is 29.6 Å². The van der Waals surface area contributed by atoms with Crippen LogP contribution in [0.5, 0.6) is 0 Å². The fourth-order valence-electron chi connectivity index (χ4n) is 6.02. The lowest BCUT2D eigenvalue weighted by Gasteiger charge is -2.50. The zero-order chi connectivity index (χ0) is 25.7. The van der Waals surface area contributed by atoms with Crippen molar-refractivity contribution < 1.29 is 19.5 Å². The summed E-state index contributed by atoms with van der Waals surface area (Å²) in [5.41, 5.74) is 0.363.